The number of hydrogen-bond donors (Lipinski definition) is 8. The SMILES string of the molecule is CC[C@H]1OC(=O)[C@H](C)[C@@H](O)[C@H](C)[C@@H](O[C@@H]2O[C@H](C)C[C@H](N(C)Cc3ccc(NC(=O)CCCCCCC(=O)NO)cc3)[C@@H]2O)[C@](C)(O)C[C@@H](C)CN(C)[C@H](C)[C@@H](O)[C@]1(C)O. The number of amides is 2. The Bertz CT molecular complexity index is 1500. The molecule has 1 aromatic rings. The predicted octanol–water partition coefficient (Wildman–Crippen LogP) is 3.33. The second-order valence-corrected chi connectivity index (χ2v) is 18.3. The average molecular weight is 853 g/mol. The summed E-state index contributed by atoms with van der Waals surface area (Å²) < 4.78 is 18.6. The maximum atomic E-state index is 13.6. The number of unbranched alkanes of at least 4 members (excludes halogenated alkanes) is 3. The zero-order valence-corrected chi connectivity index (χ0v) is 37.5. The van der Waals surface area contributed by atoms with E-state index in [0.29, 0.717) is 44.5 Å². The summed E-state index contributed by atoms with van der Waals surface area (Å²) in [5, 5.41) is 70.1. The summed E-state index contributed by atoms with van der Waals surface area (Å²) in [4.78, 5) is 41.1. The van der Waals surface area contributed by atoms with Crippen LogP contribution in [0.1, 0.15) is 119 Å². The molecular weight excluding hydrogens is 776 g/mol. The van der Waals surface area contributed by atoms with E-state index < -0.39 is 83.8 Å². The van der Waals surface area contributed by atoms with E-state index in [-0.39, 0.29) is 37.2 Å². The summed E-state index contributed by atoms with van der Waals surface area (Å²) in [6.45, 7) is 14.5. The average Bonchev–Trinajstić information content (AvgIpc) is 3.19. The minimum absolute atomic E-state index is 0.105. The first-order valence-electron chi connectivity index (χ1n) is 21.8. The molecule has 8 N–H and O–H groups in total. The molecular formula is C44H76N4O12. The largest absolute Gasteiger partial charge is 0.459 e. The molecule has 0 aromatic heterocycles. The molecule has 14 atom stereocenters. The van der Waals surface area contributed by atoms with Crippen molar-refractivity contribution in [2.75, 3.05) is 26.0 Å². The highest BCUT2D eigenvalue weighted by molar-refractivity contribution is 5.90. The van der Waals surface area contributed by atoms with Crippen molar-refractivity contribution >= 4 is 23.5 Å². The number of hydroxylamine groups is 1. The van der Waals surface area contributed by atoms with Crippen molar-refractivity contribution in [2.24, 2.45) is 17.8 Å². The Morgan fingerprint density at radius 3 is 2.13 bits per heavy atom. The number of benzene rings is 1. The van der Waals surface area contributed by atoms with Crippen LogP contribution in [0.25, 0.3) is 0 Å². The molecule has 0 unspecified atom stereocenters. The van der Waals surface area contributed by atoms with Crippen LogP contribution in [0.5, 0.6) is 0 Å². The van der Waals surface area contributed by atoms with E-state index in [1.54, 1.807) is 33.2 Å². The van der Waals surface area contributed by atoms with Gasteiger partial charge in [-0.15, -0.1) is 0 Å². The Kier molecular flexibility index (Phi) is 19.8. The van der Waals surface area contributed by atoms with Crippen molar-refractivity contribution in [1.82, 2.24) is 15.3 Å². The predicted molar refractivity (Wildman–Crippen MR) is 225 cm³/mol. The number of cyclic esters (lactones) is 1. The third-order valence-electron chi connectivity index (χ3n) is 12.7. The second kappa shape index (κ2) is 23.1. The number of esters is 1. The maximum Gasteiger partial charge on any atom is 0.311 e. The van der Waals surface area contributed by atoms with Gasteiger partial charge in [0.2, 0.25) is 11.8 Å². The molecule has 3 rings (SSSR count). The number of aliphatic hydroxyl groups excluding tert-OH is 3. The number of likely N-dealkylation sites (N-methyl/N-ethyl adjacent to an activating group) is 2. The fraction of sp³-hybridized carbons (Fsp3) is 0.795. The molecule has 16 nitrogen and oxygen atoms in total. The molecule has 0 aliphatic carbocycles. The van der Waals surface area contributed by atoms with Crippen LogP contribution in [0.2, 0.25) is 0 Å². The number of rotatable bonds is 14. The van der Waals surface area contributed by atoms with Crippen LogP contribution >= 0.6 is 0 Å². The Labute approximate surface area is 356 Å². The Balaban J connectivity index is 1.75. The Morgan fingerprint density at radius 1 is 0.950 bits per heavy atom. The fourth-order valence-electron chi connectivity index (χ4n) is 8.96. The van der Waals surface area contributed by atoms with Crippen LogP contribution in [0.15, 0.2) is 24.3 Å². The van der Waals surface area contributed by atoms with E-state index in [2.05, 4.69) is 5.32 Å². The number of nitrogens with zero attached hydrogens (tertiary/aromatic N) is 2. The van der Waals surface area contributed by atoms with Crippen LogP contribution in [0.3, 0.4) is 0 Å². The molecule has 16 heteroatoms. The van der Waals surface area contributed by atoms with Gasteiger partial charge >= 0.3 is 5.97 Å². The number of ether oxygens (including phenoxy) is 3. The highest BCUT2D eigenvalue weighted by Gasteiger charge is 2.50. The number of anilines is 1. The van der Waals surface area contributed by atoms with Gasteiger partial charge in [-0.25, -0.2) is 5.48 Å². The van der Waals surface area contributed by atoms with Crippen LogP contribution < -0.4 is 10.8 Å². The molecule has 60 heavy (non-hydrogen) atoms. The summed E-state index contributed by atoms with van der Waals surface area (Å²) in [5.74, 6) is -3.42. The standard InChI is InChI=1S/C44H76N4O12/c1-11-34-44(8,56)39(53)30(6)47(9)24-26(2)23-43(7,55)40(28(4)37(51)29(5)41(54)59-34)60-42-38(52)33(22-27(3)58-42)48(10)25-31-18-20-32(21-19-31)45-35(49)16-14-12-13-15-17-36(50)46-57/h18-21,26-30,33-34,37-40,42,51-53,55-57H,11-17,22-25H2,1-10H3,(H,45,49)(H,46,50)/t26-,27-,28+,29-,30-,33+,34-,37+,38+,39-,40-,42+,43-,44-/m1/s1. The molecule has 0 spiro atoms. The molecule has 0 radical (unpaired) electrons. The highest BCUT2D eigenvalue weighted by Crippen LogP contribution is 2.37. The fourth-order valence-corrected chi connectivity index (χ4v) is 8.96. The molecule has 1 aromatic carbocycles. The van der Waals surface area contributed by atoms with Gasteiger partial charge in [-0.3, -0.25) is 24.5 Å². The van der Waals surface area contributed by atoms with Gasteiger partial charge in [-0.2, -0.15) is 0 Å². The number of aliphatic hydroxyl groups is 5. The summed E-state index contributed by atoms with van der Waals surface area (Å²) in [5.41, 5.74) is -0.163. The lowest BCUT2D eigenvalue weighted by Gasteiger charge is -2.47. The maximum absolute atomic E-state index is 13.6. The monoisotopic (exact) mass is 853 g/mol. The third-order valence-corrected chi connectivity index (χ3v) is 12.7. The molecule has 2 amide bonds. The lowest BCUT2D eigenvalue weighted by Crippen LogP contribution is -2.59. The van der Waals surface area contributed by atoms with Crippen LogP contribution in [0, 0.1) is 17.8 Å². The van der Waals surface area contributed by atoms with E-state index in [0.717, 1.165) is 18.4 Å². The highest BCUT2D eigenvalue weighted by atomic mass is 16.7. The van der Waals surface area contributed by atoms with Crippen LogP contribution in [-0.2, 0) is 35.1 Å². The summed E-state index contributed by atoms with van der Waals surface area (Å²) >= 11 is 0. The lowest BCUT2D eigenvalue weighted by atomic mass is 9.78. The number of nitrogens with one attached hydrogen (secondary N) is 2. The zero-order chi connectivity index (χ0) is 45.1. The smallest absolute Gasteiger partial charge is 0.311 e. The first kappa shape index (κ1) is 51.6. The lowest BCUT2D eigenvalue weighted by molar-refractivity contribution is -0.300. The zero-order valence-electron chi connectivity index (χ0n) is 37.5. The quantitative estimate of drug-likeness (QED) is 0.0582. The van der Waals surface area contributed by atoms with Crippen molar-refractivity contribution in [3.8, 4) is 0 Å². The Morgan fingerprint density at radius 2 is 1.55 bits per heavy atom. The molecule has 344 valence electrons. The molecule has 2 aliphatic heterocycles. The van der Waals surface area contributed by atoms with Gasteiger partial charge < -0.3 is 50.0 Å². The molecule has 2 fully saturated rings. The van der Waals surface area contributed by atoms with Gasteiger partial charge in [0.1, 0.15) is 23.9 Å². The van der Waals surface area contributed by atoms with E-state index in [9.17, 15) is 39.9 Å². The van der Waals surface area contributed by atoms with Crippen molar-refractivity contribution in [1.29, 1.82) is 0 Å². The van der Waals surface area contributed by atoms with Gasteiger partial charge in [-0.1, -0.05) is 45.7 Å². The van der Waals surface area contributed by atoms with E-state index in [1.807, 2.05) is 62.0 Å². The molecule has 2 saturated heterocycles. The second-order valence-electron chi connectivity index (χ2n) is 18.3. The molecule has 0 saturated carbocycles. The third kappa shape index (κ3) is 14.1. The topological polar surface area (TPSA) is 231 Å². The minimum atomic E-state index is -1.79. The van der Waals surface area contributed by atoms with Crippen molar-refractivity contribution in [2.45, 2.75) is 186 Å². The van der Waals surface area contributed by atoms with Gasteiger partial charge in [0, 0.05) is 49.6 Å². The van der Waals surface area contributed by atoms with Crippen molar-refractivity contribution in [3.63, 3.8) is 0 Å². The Hall–Kier alpha value is -2.77. The van der Waals surface area contributed by atoms with Gasteiger partial charge in [0.25, 0.3) is 0 Å². The summed E-state index contributed by atoms with van der Waals surface area (Å²) in [6.07, 6.45) is -3.13. The van der Waals surface area contributed by atoms with Gasteiger partial charge in [0.05, 0.1) is 29.8 Å². The first-order valence-corrected chi connectivity index (χ1v) is 21.8. The number of hydrogen-bond acceptors (Lipinski definition) is 14. The van der Waals surface area contributed by atoms with Crippen molar-refractivity contribution in [3.05, 3.63) is 29.8 Å². The molecule has 2 heterocycles. The van der Waals surface area contributed by atoms with E-state index >= 15 is 0 Å². The summed E-state index contributed by atoms with van der Waals surface area (Å²) in [7, 11) is 3.71. The van der Waals surface area contributed by atoms with E-state index in [1.165, 1.54) is 13.8 Å². The van der Waals surface area contributed by atoms with Crippen molar-refractivity contribution < 1.29 is 59.3 Å². The molecule has 0 bridgehead atoms. The normalized spacial score (nSPS) is 36.5. The first-order chi connectivity index (χ1) is 28.0. The van der Waals surface area contributed by atoms with Crippen LogP contribution in [0.4, 0.5) is 5.69 Å². The number of carbonyl (C=O) groups excluding carboxylic acids is 3. The minimum Gasteiger partial charge on any atom is -0.459 e. The molecule has 2 aliphatic rings. The van der Waals surface area contributed by atoms with Gasteiger partial charge in [-0.05, 0) is 104 Å². The van der Waals surface area contributed by atoms with Gasteiger partial charge in [0.15, 0.2) is 6.29 Å². The summed E-state index contributed by atoms with van der Waals surface area (Å²) in [6, 6.07) is 6.52. The van der Waals surface area contributed by atoms with E-state index in [4.69, 9.17) is 19.4 Å². The van der Waals surface area contributed by atoms with Crippen LogP contribution in [-0.4, -0.2) is 145 Å². The number of carbonyl (C=O) groups is 3.